The van der Waals surface area contributed by atoms with E-state index in [0.717, 1.165) is 6.07 Å². The van der Waals surface area contributed by atoms with Crippen molar-refractivity contribution >= 4 is 29.0 Å². The van der Waals surface area contributed by atoms with Gasteiger partial charge in [-0.3, -0.25) is 0 Å². The molecule has 142 valence electrons. The average Bonchev–Trinajstić information content (AvgIpc) is 2.55. The number of hydrogen-bond acceptors (Lipinski definition) is 5. The Morgan fingerprint density at radius 2 is 1.88 bits per heavy atom. The van der Waals surface area contributed by atoms with E-state index in [0.29, 0.717) is 22.4 Å². The van der Waals surface area contributed by atoms with Gasteiger partial charge in [0.25, 0.3) is 0 Å². The second-order valence-corrected chi connectivity index (χ2v) is 6.68. The molecule has 10 heteroatoms. The number of halogens is 5. The van der Waals surface area contributed by atoms with E-state index in [1.165, 1.54) is 12.1 Å². The second-order valence-electron chi connectivity index (χ2n) is 5.65. The molecule has 2 heterocycles. The molecule has 2 aromatic heterocycles. The van der Waals surface area contributed by atoms with Crippen LogP contribution in [0.25, 0.3) is 0 Å². The van der Waals surface area contributed by atoms with E-state index in [2.05, 4.69) is 20.3 Å². The Bertz CT molecular complexity index is 772. The molecule has 0 spiro atoms. The maximum Gasteiger partial charge on any atom is 0.433 e. The molecule has 2 unspecified atom stereocenters. The van der Waals surface area contributed by atoms with Crippen LogP contribution in [-0.2, 0) is 6.18 Å². The Balaban J connectivity index is 2.05. The predicted molar refractivity (Wildman–Crippen MR) is 93.9 cm³/mol. The average molecular weight is 409 g/mol. The highest BCUT2D eigenvalue weighted by Gasteiger charge is 2.32. The molecule has 2 aromatic rings. The fourth-order valence-electron chi connectivity index (χ4n) is 2.08. The molecule has 5 nitrogen and oxygen atoms in total. The summed E-state index contributed by atoms with van der Waals surface area (Å²) in [5.41, 5.74) is -0.512. The first-order valence-electron chi connectivity index (χ1n) is 7.69. The summed E-state index contributed by atoms with van der Waals surface area (Å²) >= 11 is 12.3. The SMILES string of the molecule is Cc1nc(NC(C)COc2cccc(C(F)(F)F)n2)c(Cl)c(C(C)Cl)n1. The highest BCUT2D eigenvalue weighted by molar-refractivity contribution is 6.34. The molecule has 0 aliphatic rings. The molecule has 2 rings (SSSR count). The second kappa shape index (κ2) is 8.26. The van der Waals surface area contributed by atoms with E-state index in [4.69, 9.17) is 27.9 Å². The first-order chi connectivity index (χ1) is 12.1. The van der Waals surface area contributed by atoms with Crippen molar-refractivity contribution in [3.8, 4) is 5.88 Å². The molecule has 2 atom stereocenters. The fourth-order valence-corrected chi connectivity index (χ4v) is 2.59. The molecule has 1 N–H and O–H groups in total. The van der Waals surface area contributed by atoms with Gasteiger partial charge in [-0.15, -0.1) is 11.6 Å². The summed E-state index contributed by atoms with van der Waals surface area (Å²) < 4.78 is 43.3. The van der Waals surface area contributed by atoms with Gasteiger partial charge in [-0.05, 0) is 26.8 Å². The minimum atomic E-state index is -4.52. The fraction of sp³-hybridized carbons (Fsp3) is 0.438. The normalized spacial score (nSPS) is 14.0. The van der Waals surface area contributed by atoms with E-state index >= 15 is 0 Å². The van der Waals surface area contributed by atoms with Crippen LogP contribution in [0.15, 0.2) is 18.2 Å². The minimum Gasteiger partial charge on any atom is -0.475 e. The summed E-state index contributed by atoms with van der Waals surface area (Å²) in [5, 5.41) is 2.94. The Labute approximate surface area is 158 Å². The predicted octanol–water partition coefficient (Wildman–Crippen LogP) is 5.03. The van der Waals surface area contributed by atoms with Gasteiger partial charge in [0.1, 0.15) is 29.0 Å². The quantitative estimate of drug-likeness (QED) is 0.679. The van der Waals surface area contributed by atoms with Crippen LogP contribution < -0.4 is 10.1 Å². The number of aromatic nitrogens is 3. The number of alkyl halides is 4. The number of aryl methyl sites for hydroxylation is 1. The number of anilines is 1. The van der Waals surface area contributed by atoms with Crippen molar-refractivity contribution in [2.24, 2.45) is 0 Å². The highest BCUT2D eigenvalue weighted by Crippen LogP contribution is 2.31. The maximum atomic E-state index is 12.7. The van der Waals surface area contributed by atoms with Gasteiger partial charge >= 0.3 is 6.18 Å². The van der Waals surface area contributed by atoms with Crippen molar-refractivity contribution in [2.75, 3.05) is 11.9 Å². The summed E-state index contributed by atoms with van der Waals surface area (Å²) in [6, 6.07) is 3.17. The van der Waals surface area contributed by atoms with Gasteiger partial charge in [-0.1, -0.05) is 17.7 Å². The lowest BCUT2D eigenvalue weighted by Gasteiger charge is -2.18. The lowest BCUT2D eigenvalue weighted by molar-refractivity contribution is -0.141. The van der Waals surface area contributed by atoms with Crippen molar-refractivity contribution in [2.45, 2.75) is 38.4 Å². The Morgan fingerprint density at radius 1 is 1.19 bits per heavy atom. The van der Waals surface area contributed by atoms with Gasteiger partial charge in [-0.2, -0.15) is 13.2 Å². The van der Waals surface area contributed by atoms with E-state index in [9.17, 15) is 13.2 Å². The third kappa shape index (κ3) is 5.35. The molecule has 0 bridgehead atoms. The van der Waals surface area contributed by atoms with Crippen LogP contribution >= 0.6 is 23.2 Å². The third-order valence-corrected chi connectivity index (χ3v) is 3.82. The van der Waals surface area contributed by atoms with Crippen molar-refractivity contribution in [1.29, 1.82) is 0 Å². The lowest BCUT2D eigenvalue weighted by Crippen LogP contribution is -2.25. The van der Waals surface area contributed by atoms with Crippen LogP contribution in [0.2, 0.25) is 5.02 Å². The number of ether oxygens (including phenoxy) is 1. The molecule has 0 saturated carbocycles. The summed E-state index contributed by atoms with van der Waals surface area (Å²) in [4.78, 5) is 11.9. The van der Waals surface area contributed by atoms with E-state index in [1.54, 1.807) is 20.8 Å². The topological polar surface area (TPSA) is 59.9 Å². The molecule has 0 fully saturated rings. The standard InChI is InChI=1S/C16H17Cl2F3N4O/c1-8(7-26-12-6-4-5-11(25-12)16(19,20)21)22-15-13(18)14(9(2)17)23-10(3)24-15/h4-6,8-9H,7H2,1-3H3,(H,22,23,24). The maximum absolute atomic E-state index is 12.7. The summed E-state index contributed by atoms with van der Waals surface area (Å²) in [7, 11) is 0. The van der Waals surface area contributed by atoms with Crippen LogP contribution in [0.4, 0.5) is 19.0 Å². The van der Waals surface area contributed by atoms with E-state index < -0.39 is 17.2 Å². The zero-order chi connectivity index (χ0) is 19.5. The number of rotatable bonds is 6. The zero-order valence-electron chi connectivity index (χ0n) is 14.2. The molecule has 0 aromatic carbocycles. The van der Waals surface area contributed by atoms with Gasteiger partial charge < -0.3 is 10.1 Å². The number of nitrogens with one attached hydrogen (secondary N) is 1. The van der Waals surface area contributed by atoms with E-state index in [-0.39, 0.29) is 18.5 Å². The molecular weight excluding hydrogens is 392 g/mol. The molecule has 0 amide bonds. The summed E-state index contributed by atoms with van der Waals surface area (Å²) in [6.45, 7) is 5.27. The minimum absolute atomic E-state index is 0.0550. The Morgan fingerprint density at radius 3 is 2.50 bits per heavy atom. The lowest BCUT2D eigenvalue weighted by atomic mass is 10.3. The van der Waals surface area contributed by atoms with Crippen LogP contribution in [0, 0.1) is 6.92 Å². The number of nitrogens with zero attached hydrogens (tertiary/aromatic N) is 3. The van der Waals surface area contributed by atoms with Gasteiger partial charge in [-0.25, -0.2) is 15.0 Å². The largest absolute Gasteiger partial charge is 0.475 e. The van der Waals surface area contributed by atoms with Crippen LogP contribution in [0.3, 0.4) is 0 Å². The van der Waals surface area contributed by atoms with E-state index in [1.807, 2.05) is 0 Å². The Kier molecular flexibility index (Phi) is 6.52. The smallest absolute Gasteiger partial charge is 0.433 e. The first-order valence-corrected chi connectivity index (χ1v) is 8.51. The van der Waals surface area contributed by atoms with Crippen LogP contribution in [0.1, 0.15) is 36.4 Å². The molecule has 0 saturated heterocycles. The monoisotopic (exact) mass is 408 g/mol. The van der Waals surface area contributed by atoms with Gasteiger partial charge in [0.15, 0.2) is 0 Å². The Hall–Kier alpha value is -1.80. The highest BCUT2D eigenvalue weighted by atomic mass is 35.5. The first kappa shape index (κ1) is 20.5. The van der Waals surface area contributed by atoms with Gasteiger partial charge in [0.05, 0.1) is 17.1 Å². The zero-order valence-corrected chi connectivity index (χ0v) is 15.7. The number of pyridine rings is 1. The van der Waals surface area contributed by atoms with Crippen LogP contribution in [-0.4, -0.2) is 27.6 Å². The summed E-state index contributed by atoms with van der Waals surface area (Å²) in [5.74, 6) is 0.760. The molecule has 0 aliphatic carbocycles. The molecule has 0 radical (unpaired) electrons. The van der Waals surface area contributed by atoms with Crippen molar-refractivity contribution in [3.63, 3.8) is 0 Å². The van der Waals surface area contributed by atoms with Gasteiger partial charge in [0.2, 0.25) is 5.88 Å². The van der Waals surface area contributed by atoms with Crippen molar-refractivity contribution in [1.82, 2.24) is 15.0 Å². The van der Waals surface area contributed by atoms with Crippen LogP contribution in [0.5, 0.6) is 5.88 Å². The molecule has 26 heavy (non-hydrogen) atoms. The van der Waals surface area contributed by atoms with Crippen molar-refractivity contribution < 1.29 is 17.9 Å². The van der Waals surface area contributed by atoms with Crippen molar-refractivity contribution in [3.05, 3.63) is 40.4 Å². The molecular formula is C16H17Cl2F3N4O. The third-order valence-electron chi connectivity index (χ3n) is 3.24. The van der Waals surface area contributed by atoms with Gasteiger partial charge in [0, 0.05) is 6.07 Å². The molecule has 0 aliphatic heterocycles. The number of hydrogen-bond donors (Lipinski definition) is 1. The summed E-state index contributed by atoms with van der Waals surface area (Å²) in [6.07, 6.45) is -4.52.